The quantitative estimate of drug-likeness (QED) is 0.763. The van der Waals surface area contributed by atoms with E-state index in [9.17, 15) is 4.79 Å². The van der Waals surface area contributed by atoms with Gasteiger partial charge in [0.05, 0.1) is 0 Å². The standard InChI is InChI=1S/C13H21N3O/c1-16(2)10-12-6-4-3-5-11(12)9-15-13(17)7-8-14/h3-6H,7-10,14H2,1-2H3,(H,15,17). The topological polar surface area (TPSA) is 58.4 Å². The number of nitrogens with zero attached hydrogens (tertiary/aromatic N) is 1. The summed E-state index contributed by atoms with van der Waals surface area (Å²) in [6.07, 6.45) is 0.385. The van der Waals surface area contributed by atoms with Gasteiger partial charge in [0.2, 0.25) is 5.91 Å². The van der Waals surface area contributed by atoms with E-state index >= 15 is 0 Å². The Morgan fingerprint density at radius 2 is 1.94 bits per heavy atom. The molecule has 0 heterocycles. The van der Waals surface area contributed by atoms with Gasteiger partial charge in [0.25, 0.3) is 0 Å². The summed E-state index contributed by atoms with van der Waals surface area (Å²) in [5, 5.41) is 2.88. The van der Waals surface area contributed by atoms with E-state index in [1.807, 2.05) is 32.3 Å². The van der Waals surface area contributed by atoms with Gasteiger partial charge in [-0.05, 0) is 25.2 Å². The summed E-state index contributed by atoms with van der Waals surface area (Å²) >= 11 is 0. The molecule has 0 aliphatic heterocycles. The first-order valence-corrected chi connectivity index (χ1v) is 5.81. The highest BCUT2D eigenvalue weighted by molar-refractivity contribution is 5.76. The number of rotatable bonds is 6. The Hall–Kier alpha value is -1.39. The number of hydrogen-bond acceptors (Lipinski definition) is 3. The Morgan fingerprint density at radius 3 is 2.53 bits per heavy atom. The third-order valence-electron chi connectivity index (χ3n) is 2.45. The highest BCUT2D eigenvalue weighted by Crippen LogP contribution is 2.10. The van der Waals surface area contributed by atoms with Crippen molar-refractivity contribution in [3.8, 4) is 0 Å². The second-order valence-electron chi connectivity index (χ2n) is 4.32. The largest absolute Gasteiger partial charge is 0.352 e. The van der Waals surface area contributed by atoms with Crippen molar-refractivity contribution < 1.29 is 4.79 Å². The number of carbonyl (C=O) groups is 1. The molecule has 4 nitrogen and oxygen atoms in total. The van der Waals surface area contributed by atoms with Crippen LogP contribution in [0.5, 0.6) is 0 Å². The second kappa shape index (κ2) is 7.04. The zero-order chi connectivity index (χ0) is 12.7. The van der Waals surface area contributed by atoms with Gasteiger partial charge >= 0.3 is 0 Å². The van der Waals surface area contributed by atoms with Gasteiger partial charge in [-0.3, -0.25) is 4.79 Å². The Kier molecular flexibility index (Phi) is 5.66. The van der Waals surface area contributed by atoms with E-state index in [4.69, 9.17) is 5.73 Å². The third kappa shape index (κ3) is 4.97. The zero-order valence-electron chi connectivity index (χ0n) is 10.6. The van der Waals surface area contributed by atoms with Crippen molar-refractivity contribution in [2.45, 2.75) is 19.5 Å². The molecule has 0 unspecified atom stereocenters. The van der Waals surface area contributed by atoms with Gasteiger partial charge in [-0.1, -0.05) is 24.3 Å². The smallest absolute Gasteiger partial charge is 0.221 e. The molecular formula is C13H21N3O. The van der Waals surface area contributed by atoms with Crippen LogP contribution in [0.15, 0.2) is 24.3 Å². The van der Waals surface area contributed by atoms with E-state index in [2.05, 4.69) is 16.3 Å². The maximum absolute atomic E-state index is 11.3. The Morgan fingerprint density at radius 1 is 1.29 bits per heavy atom. The first-order valence-electron chi connectivity index (χ1n) is 5.81. The molecule has 0 aliphatic rings. The minimum absolute atomic E-state index is 0.00663. The predicted octanol–water partition coefficient (Wildman–Crippen LogP) is 0.713. The summed E-state index contributed by atoms with van der Waals surface area (Å²) in [6.45, 7) is 1.84. The predicted molar refractivity (Wildman–Crippen MR) is 69.4 cm³/mol. The van der Waals surface area contributed by atoms with Crippen molar-refractivity contribution in [2.24, 2.45) is 5.73 Å². The zero-order valence-corrected chi connectivity index (χ0v) is 10.6. The van der Waals surface area contributed by atoms with Crippen LogP contribution in [0.4, 0.5) is 0 Å². The first-order chi connectivity index (χ1) is 8.13. The van der Waals surface area contributed by atoms with E-state index in [0.717, 1.165) is 12.1 Å². The molecule has 3 N–H and O–H groups in total. The summed E-state index contributed by atoms with van der Waals surface area (Å²) in [5.41, 5.74) is 7.73. The fourth-order valence-corrected chi connectivity index (χ4v) is 1.64. The van der Waals surface area contributed by atoms with E-state index in [-0.39, 0.29) is 5.91 Å². The van der Waals surface area contributed by atoms with Crippen molar-refractivity contribution >= 4 is 5.91 Å². The molecule has 0 bridgehead atoms. The third-order valence-corrected chi connectivity index (χ3v) is 2.45. The van der Waals surface area contributed by atoms with Crippen molar-refractivity contribution in [2.75, 3.05) is 20.6 Å². The first kappa shape index (κ1) is 13.7. The van der Waals surface area contributed by atoms with Crippen LogP contribution < -0.4 is 11.1 Å². The van der Waals surface area contributed by atoms with Crippen LogP contribution in [0.1, 0.15) is 17.5 Å². The molecule has 1 amide bonds. The summed E-state index contributed by atoms with van der Waals surface area (Å²) in [7, 11) is 4.06. The molecule has 1 aromatic rings. The van der Waals surface area contributed by atoms with Crippen LogP contribution >= 0.6 is 0 Å². The number of nitrogens with one attached hydrogen (secondary N) is 1. The lowest BCUT2D eigenvalue weighted by atomic mass is 10.1. The maximum atomic E-state index is 11.3. The Labute approximate surface area is 103 Å². The lowest BCUT2D eigenvalue weighted by Gasteiger charge is -2.14. The molecule has 17 heavy (non-hydrogen) atoms. The number of nitrogens with two attached hydrogens (primary N) is 1. The number of hydrogen-bond donors (Lipinski definition) is 2. The van der Waals surface area contributed by atoms with Gasteiger partial charge < -0.3 is 16.0 Å². The molecule has 1 rings (SSSR count). The molecule has 94 valence electrons. The van der Waals surface area contributed by atoms with Crippen molar-refractivity contribution in [1.82, 2.24) is 10.2 Å². The summed E-state index contributed by atoms with van der Waals surface area (Å²) < 4.78 is 0. The van der Waals surface area contributed by atoms with Crippen LogP contribution in [-0.4, -0.2) is 31.4 Å². The van der Waals surface area contributed by atoms with Crippen LogP contribution in [0.3, 0.4) is 0 Å². The van der Waals surface area contributed by atoms with Crippen LogP contribution in [0.2, 0.25) is 0 Å². The van der Waals surface area contributed by atoms with Crippen LogP contribution in [0.25, 0.3) is 0 Å². The highest BCUT2D eigenvalue weighted by Gasteiger charge is 2.04. The highest BCUT2D eigenvalue weighted by atomic mass is 16.1. The molecule has 1 aromatic carbocycles. The molecule has 0 spiro atoms. The molecule has 4 heteroatoms. The molecule has 0 radical (unpaired) electrons. The summed E-state index contributed by atoms with van der Waals surface area (Å²) in [4.78, 5) is 13.5. The van der Waals surface area contributed by atoms with Crippen molar-refractivity contribution in [3.63, 3.8) is 0 Å². The molecular weight excluding hydrogens is 214 g/mol. The average molecular weight is 235 g/mol. The van der Waals surface area contributed by atoms with Crippen LogP contribution in [0, 0.1) is 0 Å². The molecule has 0 aliphatic carbocycles. The molecule has 0 aromatic heterocycles. The second-order valence-corrected chi connectivity index (χ2v) is 4.32. The molecule has 0 atom stereocenters. The van der Waals surface area contributed by atoms with Gasteiger partial charge in [0, 0.05) is 26.1 Å². The fourth-order valence-electron chi connectivity index (χ4n) is 1.64. The van der Waals surface area contributed by atoms with Gasteiger partial charge in [-0.15, -0.1) is 0 Å². The lowest BCUT2D eigenvalue weighted by molar-refractivity contribution is -0.121. The molecule has 0 fully saturated rings. The fraction of sp³-hybridized carbons (Fsp3) is 0.462. The van der Waals surface area contributed by atoms with Gasteiger partial charge in [-0.25, -0.2) is 0 Å². The van der Waals surface area contributed by atoms with Gasteiger partial charge in [0.15, 0.2) is 0 Å². The minimum Gasteiger partial charge on any atom is -0.352 e. The summed E-state index contributed by atoms with van der Waals surface area (Å²) in [6, 6.07) is 8.14. The normalized spacial score (nSPS) is 10.6. The lowest BCUT2D eigenvalue weighted by Crippen LogP contribution is -2.26. The minimum atomic E-state index is 0.00663. The number of carbonyl (C=O) groups excluding carboxylic acids is 1. The van der Waals surface area contributed by atoms with Crippen molar-refractivity contribution in [1.29, 1.82) is 0 Å². The van der Waals surface area contributed by atoms with Gasteiger partial charge in [0.1, 0.15) is 0 Å². The number of benzene rings is 1. The van der Waals surface area contributed by atoms with Crippen molar-refractivity contribution in [3.05, 3.63) is 35.4 Å². The summed E-state index contributed by atoms with van der Waals surface area (Å²) in [5.74, 6) is 0.00663. The van der Waals surface area contributed by atoms with Crippen LogP contribution in [-0.2, 0) is 17.9 Å². The van der Waals surface area contributed by atoms with E-state index in [0.29, 0.717) is 19.5 Å². The Balaban J connectivity index is 2.60. The van der Waals surface area contributed by atoms with Gasteiger partial charge in [-0.2, -0.15) is 0 Å². The maximum Gasteiger partial charge on any atom is 0.221 e. The van der Waals surface area contributed by atoms with E-state index < -0.39 is 0 Å². The monoisotopic (exact) mass is 235 g/mol. The van der Waals surface area contributed by atoms with E-state index in [1.165, 1.54) is 5.56 Å². The average Bonchev–Trinajstić information content (AvgIpc) is 2.27. The molecule has 0 saturated heterocycles. The van der Waals surface area contributed by atoms with E-state index in [1.54, 1.807) is 0 Å². The number of amides is 1. The molecule has 0 saturated carbocycles. The Bertz CT molecular complexity index is 363. The SMILES string of the molecule is CN(C)Cc1ccccc1CNC(=O)CCN.